The van der Waals surface area contributed by atoms with E-state index in [4.69, 9.17) is 11.6 Å². The Balaban J connectivity index is 1.67. The fraction of sp³-hybridized carbons (Fsp3) is 0.353. The molecule has 0 bridgehead atoms. The van der Waals surface area contributed by atoms with Crippen LogP contribution >= 0.6 is 22.9 Å². The Kier molecular flexibility index (Phi) is 5.78. The lowest BCUT2D eigenvalue weighted by Gasteiger charge is -2.25. The van der Waals surface area contributed by atoms with Crippen molar-refractivity contribution in [3.05, 3.63) is 46.3 Å². The van der Waals surface area contributed by atoms with Gasteiger partial charge in [0.25, 0.3) is 10.0 Å². The molecule has 2 heterocycles. The Morgan fingerprint density at radius 1 is 1.12 bits per heavy atom. The molecule has 0 atom stereocenters. The molecule has 1 saturated heterocycles. The lowest BCUT2D eigenvalue weighted by molar-refractivity contribution is -0.115. The van der Waals surface area contributed by atoms with Gasteiger partial charge in [-0.05, 0) is 37.1 Å². The number of nitrogens with one attached hydrogen (secondary N) is 1. The molecule has 1 aliphatic heterocycles. The van der Waals surface area contributed by atoms with E-state index < -0.39 is 10.0 Å². The molecule has 1 N–H and O–H groups in total. The van der Waals surface area contributed by atoms with Crippen molar-refractivity contribution in [1.82, 2.24) is 4.31 Å². The highest BCUT2D eigenvalue weighted by Crippen LogP contribution is 2.28. The minimum absolute atomic E-state index is 0.116. The van der Waals surface area contributed by atoms with Gasteiger partial charge in [0, 0.05) is 18.0 Å². The van der Waals surface area contributed by atoms with Crippen LogP contribution in [0.15, 0.2) is 40.6 Å². The first-order valence-corrected chi connectivity index (χ1v) is 10.7. The number of nitrogens with zero attached hydrogens (tertiary/aromatic N) is 1. The summed E-state index contributed by atoms with van der Waals surface area (Å²) >= 11 is 7.18. The maximum Gasteiger partial charge on any atom is 0.252 e. The second-order valence-electron chi connectivity index (χ2n) is 5.89. The number of halogens is 1. The van der Waals surface area contributed by atoms with E-state index in [0.717, 1.165) is 30.6 Å². The number of para-hydroxylation sites is 1. The van der Waals surface area contributed by atoms with Gasteiger partial charge in [-0.3, -0.25) is 4.79 Å². The average Bonchev–Trinajstić information content (AvgIpc) is 3.07. The van der Waals surface area contributed by atoms with Gasteiger partial charge in [0.2, 0.25) is 5.91 Å². The summed E-state index contributed by atoms with van der Waals surface area (Å²) in [6, 6.07) is 10.3. The topological polar surface area (TPSA) is 66.5 Å². The summed E-state index contributed by atoms with van der Waals surface area (Å²) in [7, 11) is -3.44. The molecule has 134 valence electrons. The van der Waals surface area contributed by atoms with Crippen molar-refractivity contribution in [2.45, 2.75) is 29.9 Å². The molecule has 25 heavy (non-hydrogen) atoms. The van der Waals surface area contributed by atoms with Gasteiger partial charge in [-0.2, -0.15) is 4.31 Å². The largest absolute Gasteiger partial charge is 0.324 e. The molecule has 0 unspecified atom stereocenters. The number of carbonyl (C=O) groups is 1. The maximum absolute atomic E-state index is 12.6. The molecule has 1 fully saturated rings. The molecule has 5 nitrogen and oxygen atoms in total. The first-order valence-electron chi connectivity index (χ1n) is 8.10. The molecule has 1 aromatic heterocycles. The number of anilines is 1. The van der Waals surface area contributed by atoms with Gasteiger partial charge in [0.1, 0.15) is 4.21 Å². The number of carbonyl (C=O) groups excluding carboxylic acids is 1. The fourth-order valence-corrected chi connectivity index (χ4v) is 5.95. The first-order chi connectivity index (χ1) is 12.0. The molecule has 0 radical (unpaired) electrons. The zero-order chi connectivity index (χ0) is 17.9. The standard InChI is InChI=1S/C17H19ClN2O3S2/c18-14-6-2-3-7-15(14)19-16(21)12-13-8-9-17(24-13)25(22,23)20-10-4-1-5-11-20/h2-3,6-9H,1,4-5,10-12H2,(H,19,21). The van der Waals surface area contributed by atoms with Gasteiger partial charge < -0.3 is 5.32 Å². The molecule has 3 rings (SSSR count). The molecule has 8 heteroatoms. The molecular formula is C17H19ClN2O3S2. The summed E-state index contributed by atoms with van der Waals surface area (Å²) in [4.78, 5) is 12.9. The van der Waals surface area contributed by atoms with Crippen LogP contribution in [0.5, 0.6) is 0 Å². The number of sulfonamides is 1. The highest BCUT2D eigenvalue weighted by atomic mass is 35.5. The summed E-state index contributed by atoms with van der Waals surface area (Å²) < 4.78 is 27.1. The van der Waals surface area contributed by atoms with Crippen molar-refractivity contribution in [2.75, 3.05) is 18.4 Å². The number of hydrogen-bond donors (Lipinski definition) is 1. The fourth-order valence-electron chi connectivity index (χ4n) is 2.74. The van der Waals surface area contributed by atoms with E-state index in [0.29, 0.717) is 32.9 Å². The van der Waals surface area contributed by atoms with Gasteiger partial charge in [-0.1, -0.05) is 30.2 Å². The highest BCUT2D eigenvalue weighted by molar-refractivity contribution is 7.91. The summed E-state index contributed by atoms with van der Waals surface area (Å²) in [5.74, 6) is -0.225. The predicted octanol–water partition coefficient (Wildman–Crippen LogP) is 3.76. The second-order valence-corrected chi connectivity index (χ2v) is 9.63. The van der Waals surface area contributed by atoms with E-state index in [2.05, 4.69) is 5.32 Å². The Morgan fingerprint density at radius 3 is 2.56 bits per heavy atom. The summed E-state index contributed by atoms with van der Waals surface area (Å²) in [5.41, 5.74) is 0.548. The van der Waals surface area contributed by atoms with E-state index in [-0.39, 0.29) is 12.3 Å². The Labute approximate surface area is 156 Å². The number of rotatable bonds is 5. The van der Waals surface area contributed by atoms with Crippen LogP contribution < -0.4 is 5.32 Å². The van der Waals surface area contributed by atoms with Crippen molar-refractivity contribution < 1.29 is 13.2 Å². The minimum Gasteiger partial charge on any atom is -0.324 e. The van der Waals surface area contributed by atoms with Crippen LogP contribution in [0.4, 0.5) is 5.69 Å². The number of benzene rings is 1. The Morgan fingerprint density at radius 2 is 1.84 bits per heavy atom. The van der Waals surface area contributed by atoms with Crippen molar-refractivity contribution in [3.8, 4) is 0 Å². The number of amides is 1. The maximum atomic E-state index is 12.6. The SMILES string of the molecule is O=C(Cc1ccc(S(=O)(=O)N2CCCCC2)s1)Nc1ccccc1Cl. The molecule has 1 amide bonds. The Hall–Kier alpha value is -1.41. The number of piperidine rings is 1. The van der Waals surface area contributed by atoms with Crippen molar-refractivity contribution in [2.24, 2.45) is 0 Å². The highest BCUT2D eigenvalue weighted by Gasteiger charge is 2.27. The molecule has 0 saturated carbocycles. The number of thiophene rings is 1. The van der Waals surface area contributed by atoms with Crippen LogP contribution in [0, 0.1) is 0 Å². The zero-order valence-corrected chi connectivity index (χ0v) is 16.0. The van der Waals surface area contributed by atoms with Crippen LogP contribution in [-0.2, 0) is 21.2 Å². The smallest absolute Gasteiger partial charge is 0.252 e. The van der Waals surface area contributed by atoms with E-state index in [1.807, 2.05) is 0 Å². The molecule has 1 aliphatic rings. The van der Waals surface area contributed by atoms with Crippen LogP contribution in [0.3, 0.4) is 0 Å². The summed E-state index contributed by atoms with van der Waals surface area (Å²) in [6.45, 7) is 1.14. The predicted molar refractivity (Wildman–Crippen MR) is 101 cm³/mol. The monoisotopic (exact) mass is 398 g/mol. The van der Waals surface area contributed by atoms with Crippen LogP contribution in [0.2, 0.25) is 5.02 Å². The minimum atomic E-state index is -3.44. The van der Waals surface area contributed by atoms with E-state index in [9.17, 15) is 13.2 Å². The van der Waals surface area contributed by atoms with E-state index in [1.54, 1.807) is 36.4 Å². The van der Waals surface area contributed by atoms with Gasteiger partial charge in [0.05, 0.1) is 17.1 Å². The van der Waals surface area contributed by atoms with Crippen molar-refractivity contribution >= 4 is 44.6 Å². The summed E-state index contributed by atoms with van der Waals surface area (Å²) in [5, 5.41) is 3.21. The van der Waals surface area contributed by atoms with Gasteiger partial charge >= 0.3 is 0 Å². The first kappa shape index (κ1) is 18.4. The third kappa shape index (κ3) is 4.41. The molecule has 1 aromatic carbocycles. The molecule has 0 spiro atoms. The third-order valence-electron chi connectivity index (χ3n) is 4.03. The van der Waals surface area contributed by atoms with Gasteiger partial charge in [-0.25, -0.2) is 8.42 Å². The normalized spacial score (nSPS) is 15.9. The van der Waals surface area contributed by atoms with Crippen LogP contribution in [-0.4, -0.2) is 31.7 Å². The van der Waals surface area contributed by atoms with E-state index in [1.165, 1.54) is 4.31 Å². The molecular weight excluding hydrogens is 380 g/mol. The zero-order valence-electron chi connectivity index (χ0n) is 13.6. The third-order valence-corrected chi connectivity index (χ3v) is 7.81. The lowest BCUT2D eigenvalue weighted by atomic mass is 10.2. The van der Waals surface area contributed by atoms with Crippen LogP contribution in [0.1, 0.15) is 24.1 Å². The van der Waals surface area contributed by atoms with Crippen LogP contribution in [0.25, 0.3) is 0 Å². The Bertz CT molecular complexity index is 858. The van der Waals surface area contributed by atoms with Crippen molar-refractivity contribution in [1.29, 1.82) is 0 Å². The second kappa shape index (κ2) is 7.86. The average molecular weight is 399 g/mol. The lowest BCUT2D eigenvalue weighted by Crippen LogP contribution is -2.35. The quantitative estimate of drug-likeness (QED) is 0.833. The van der Waals surface area contributed by atoms with Gasteiger partial charge in [-0.15, -0.1) is 11.3 Å². The van der Waals surface area contributed by atoms with Crippen molar-refractivity contribution in [3.63, 3.8) is 0 Å². The van der Waals surface area contributed by atoms with Gasteiger partial charge in [0.15, 0.2) is 0 Å². The molecule has 2 aromatic rings. The number of hydrogen-bond acceptors (Lipinski definition) is 4. The van der Waals surface area contributed by atoms with E-state index >= 15 is 0 Å². The summed E-state index contributed by atoms with van der Waals surface area (Å²) in [6.07, 6.45) is 2.99. The molecule has 0 aliphatic carbocycles.